The Balaban J connectivity index is 1.45. The third-order valence-corrected chi connectivity index (χ3v) is 5.10. The van der Waals surface area contributed by atoms with Gasteiger partial charge in [-0.3, -0.25) is 4.98 Å². The van der Waals surface area contributed by atoms with E-state index in [1.807, 2.05) is 11.1 Å². The summed E-state index contributed by atoms with van der Waals surface area (Å²) in [6.07, 6.45) is 1.72. The molecule has 1 aliphatic heterocycles. The van der Waals surface area contributed by atoms with Gasteiger partial charge in [0.25, 0.3) is 0 Å². The fraction of sp³-hybridized carbons (Fsp3) is 0.333. The molecule has 1 aliphatic rings. The van der Waals surface area contributed by atoms with Crippen molar-refractivity contribution in [3.8, 4) is 11.5 Å². The molecule has 0 aliphatic carbocycles. The van der Waals surface area contributed by atoms with Gasteiger partial charge in [-0.25, -0.2) is 4.98 Å². The second-order valence-electron chi connectivity index (χ2n) is 6.07. The molecule has 0 saturated carbocycles. The van der Waals surface area contributed by atoms with Crippen molar-refractivity contribution in [1.29, 1.82) is 0 Å². The molecule has 2 aromatic heterocycles. The van der Waals surface area contributed by atoms with E-state index >= 15 is 0 Å². The fourth-order valence-electron chi connectivity index (χ4n) is 2.91. The highest BCUT2D eigenvalue weighted by Crippen LogP contribution is 2.33. The number of aromatic amines is 1. The summed E-state index contributed by atoms with van der Waals surface area (Å²) in [5, 5.41) is 2.52. The molecule has 1 aromatic carbocycles. The van der Waals surface area contributed by atoms with Gasteiger partial charge in [0.2, 0.25) is 0 Å². The first-order valence-corrected chi connectivity index (χ1v) is 9.57. The van der Waals surface area contributed by atoms with E-state index < -0.39 is 6.61 Å². The summed E-state index contributed by atoms with van der Waals surface area (Å²) in [5.41, 5.74) is 3.30. The van der Waals surface area contributed by atoms with Crippen molar-refractivity contribution in [3.63, 3.8) is 0 Å². The van der Waals surface area contributed by atoms with Crippen LogP contribution in [0.2, 0.25) is 0 Å². The number of fused-ring (bicyclic) bond motifs is 2. The van der Waals surface area contributed by atoms with E-state index in [1.54, 1.807) is 19.4 Å². The highest BCUT2D eigenvalue weighted by Gasteiger charge is 2.24. The Morgan fingerprint density at radius 3 is 3.07 bits per heavy atom. The Labute approximate surface area is 164 Å². The molecule has 0 bridgehead atoms. The molecule has 0 saturated heterocycles. The number of nitrogens with one attached hydrogen (secondary N) is 1. The topological polar surface area (TPSA) is 72.5 Å². The summed E-state index contributed by atoms with van der Waals surface area (Å²) in [6, 6.07) is 6.48. The van der Waals surface area contributed by atoms with Crippen LogP contribution >= 0.6 is 11.8 Å². The molecule has 0 fully saturated rings. The van der Waals surface area contributed by atoms with E-state index in [0.29, 0.717) is 41.6 Å². The van der Waals surface area contributed by atoms with Crippen molar-refractivity contribution >= 4 is 22.8 Å². The molecule has 28 heavy (non-hydrogen) atoms. The highest BCUT2D eigenvalue weighted by molar-refractivity contribution is 7.98. The molecular formula is C18H18F2N4O3S. The molecular weight excluding hydrogens is 390 g/mol. The average Bonchev–Trinajstić information content (AvgIpc) is 3.27. The molecule has 0 amide bonds. The van der Waals surface area contributed by atoms with Crippen LogP contribution < -0.4 is 9.57 Å². The number of aromatic nitrogens is 3. The maximum absolute atomic E-state index is 12.4. The Kier molecular flexibility index (Phi) is 5.60. The molecule has 4 rings (SSSR count). The van der Waals surface area contributed by atoms with E-state index in [2.05, 4.69) is 19.7 Å². The molecule has 7 nitrogen and oxygen atoms in total. The highest BCUT2D eigenvalue weighted by atomic mass is 32.2. The van der Waals surface area contributed by atoms with Gasteiger partial charge < -0.3 is 19.3 Å². The van der Waals surface area contributed by atoms with Gasteiger partial charge in [0.05, 0.1) is 36.4 Å². The first-order valence-electron chi connectivity index (χ1n) is 8.58. The monoisotopic (exact) mass is 408 g/mol. The second kappa shape index (κ2) is 8.29. The van der Waals surface area contributed by atoms with Gasteiger partial charge in [-0.2, -0.15) is 8.78 Å². The summed E-state index contributed by atoms with van der Waals surface area (Å²) < 4.78 is 34.2. The molecule has 0 unspecified atom stereocenters. The van der Waals surface area contributed by atoms with Crippen molar-refractivity contribution in [1.82, 2.24) is 20.0 Å². The number of benzene rings is 1. The average molecular weight is 408 g/mol. The van der Waals surface area contributed by atoms with Crippen LogP contribution in [0.15, 0.2) is 35.6 Å². The number of hydrogen-bond acceptors (Lipinski definition) is 7. The van der Waals surface area contributed by atoms with E-state index in [4.69, 9.17) is 9.57 Å². The van der Waals surface area contributed by atoms with E-state index in [1.165, 1.54) is 23.9 Å². The zero-order valence-corrected chi connectivity index (χ0v) is 15.8. The van der Waals surface area contributed by atoms with Crippen molar-refractivity contribution in [2.45, 2.75) is 24.1 Å². The Morgan fingerprint density at radius 1 is 1.36 bits per heavy atom. The maximum atomic E-state index is 12.4. The Bertz CT molecular complexity index is 969. The minimum atomic E-state index is -2.86. The number of pyridine rings is 1. The van der Waals surface area contributed by atoms with E-state index in [0.717, 1.165) is 17.0 Å². The molecule has 0 atom stereocenters. The number of hydrogen-bond donors (Lipinski definition) is 1. The van der Waals surface area contributed by atoms with Gasteiger partial charge in [0.15, 0.2) is 10.9 Å². The number of methoxy groups -OCH3 is 1. The van der Waals surface area contributed by atoms with Crippen molar-refractivity contribution in [3.05, 3.63) is 41.7 Å². The van der Waals surface area contributed by atoms with Crippen LogP contribution in [-0.2, 0) is 17.0 Å². The second-order valence-corrected chi connectivity index (χ2v) is 7.03. The lowest BCUT2D eigenvalue weighted by atomic mass is 10.2. The number of H-pyrrole nitrogens is 1. The van der Waals surface area contributed by atoms with Crippen LogP contribution in [0.3, 0.4) is 0 Å². The first kappa shape index (κ1) is 18.9. The minimum absolute atomic E-state index is 0.0959. The molecule has 3 heterocycles. The number of alkyl halides is 2. The standard InChI is InChI=1S/C18H18F2N4O3S/c1-25-7-6-24-9-12-15(21-5-4-16(12)27-24)10-28-18-22-13-3-2-11(26-17(19)20)8-14(13)23-18/h2-5,8,17H,6-7,9-10H2,1H3,(H,22,23). The van der Waals surface area contributed by atoms with Crippen LogP contribution in [0.1, 0.15) is 11.3 Å². The zero-order chi connectivity index (χ0) is 19.5. The van der Waals surface area contributed by atoms with Gasteiger partial charge >= 0.3 is 6.61 Å². The third kappa shape index (κ3) is 4.18. The molecule has 3 aromatic rings. The van der Waals surface area contributed by atoms with Crippen molar-refractivity contribution in [2.75, 3.05) is 20.3 Å². The lowest BCUT2D eigenvalue weighted by Crippen LogP contribution is -2.25. The number of thioether (sulfide) groups is 1. The number of nitrogens with zero attached hydrogens (tertiary/aromatic N) is 3. The quantitative estimate of drug-likeness (QED) is 0.571. The third-order valence-electron chi connectivity index (χ3n) is 4.21. The van der Waals surface area contributed by atoms with Gasteiger partial charge in [0.1, 0.15) is 5.75 Å². The van der Waals surface area contributed by atoms with Gasteiger partial charge in [-0.05, 0) is 12.1 Å². The Hall–Kier alpha value is -2.43. The number of halogens is 2. The summed E-state index contributed by atoms with van der Waals surface area (Å²) >= 11 is 1.49. The van der Waals surface area contributed by atoms with Crippen LogP contribution in [-0.4, -0.2) is 46.9 Å². The molecule has 10 heteroatoms. The normalized spacial score (nSPS) is 13.9. The minimum Gasteiger partial charge on any atom is -0.435 e. The van der Waals surface area contributed by atoms with Crippen LogP contribution in [0, 0.1) is 0 Å². The number of hydroxylamine groups is 2. The number of rotatable bonds is 8. The molecule has 148 valence electrons. The largest absolute Gasteiger partial charge is 0.435 e. The summed E-state index contributed by atoms with van der Waals surface area (Å²) in [4.78, 5) is 17.9. The number of ether oxygens (including phenoxy) is 2. The predicted molar refractivity (Wildman–Crippen MR) is 99.4 cm³/mol. The van der Waals surface area contributed by atoms with Crippen molar-refractivity contribution < 1.29 is 23.1 Å². The Morgan fingerprint density at radius 2 is 2.25 bits per heavy atom. The molecule has 0 radical (unpaired) electrons. The molecule has 0 spiro atoms. The lowest BCUT2D eigenvalue weighted by Gasteiger charge is -2.12. The SMILES string of the molecule is COCCN1Cc2c(ccnc2CSc2nc3ccc(OC(F)F)cc3[nH]2)O1. The summed E-state index contributed by atoms with van der Waals surface area (Å²) in [5.74, 6) is 1.50. The van der Waals surface area contributed by atoms with Gasteiger partial charge in [0, 0.05) is 36.8 Å². The number of imidazole rings is 1. The van der Waals surface area contributed by atoms with Crippen LogP contribution in [0.25, 0.3) is 11.0 Å². The fourth-order valence-corrected chi connectivity index (χ4v) is 3.77. The summed E-state index contributed by atoms with van der Waals surface area (Å²) in [7, 11) is 1.66. The smallest absolute Gasteiger partial charge is 0.387 e. The lowest BCUT2D eigenvalue weighted by molar-refractivity contribution is -0.0568. The van der Waals surface area contributed by atoms with Crippen molar-refractivity contribution in [2.24, 2.45) is 0 Å². The zero-order valence-electron chi connectivity index (χ0n) is 15.0. The van der Waals surface area contributed by atoms with Crippen LogP contribution in [0.5, 0.6) is 11.5 Å². The van der Waals surface area contributed by atoms with Gasteiger partial charge in [-0.1, -0.05) is 11.8 Å². The summed E-state index contributed by atoms with van der Waals surface area (Å²) in [6.45, 7) is -0.950. The first-order chi connectivity index (χ1) is 13.6. The molecule has 1 N–H and O–H groups in total. The predicted octanol–water partition coefficient (Wildman–Crippen LogP) is 3.61. The van der Waals surface area contributed by atoms with Crippen LogP contribution in [0.4, 0.5) is 8.78 Å². The maximum Gasteiger partial charge on any atom is 0.387 e. The van der Waals surface area contributed by atoms with E-state index in [-0.39, 0.29) is 5.75 Å². The van der Waals surface area contributed by atoms with E-state index in [9.17, 15) is 8.78 Å². The van der Waals surface area contributed by atoms with Gasteiger partial charge in [-0.15, -0.1) is 5.06 Å².